The normalized spacial score (nSPS) is 10.7. The predicted octanol–water partition coefficient (Wildman–Crippen LogP) is 4.04. The Balaban J connectivity index is 1.97. The summed E-state index contributed by atoms with van der Waals surface area (Å²) in [7, 11) is 0. The van der Waals surface area contributed by atoms with Gasteiger partial charge in [0.1, 0.15) is 11.4 Å². The van der Waals surface area contributed by atoms with Crippen LogP contribution in [0.15, 0.2) is 35.6 Å². The van der Waals surface area contributed by atoms with Crippen molar-refractivity contribution in [2.75, 3.05) is 0 Å². The Bertz CT molecular complexity index is 723. The van der Waals surface area contributed by atoms with Gasteiger partial charge in [-0.2, -0.15) is 0 Å². The minimum Gasteiger partial charge on any atom is -0.444 e. The Labute approximate surface area is 133 Å². The molecule has 0 fully saturated rings. The van der Waals surface area contributed by atoms with Crippen LogP contribution in [0.5, 0.6) is 0 Å². The molecule has 1 aromatic heterocycles. The number of nitrogens with zero attached hydrogens (tertiary/aromatic N) is 4. The smallest absolute Gasteiger partial charge is 0.408 e. The Hall–Kier alpha value is -2.99. The molecule has 0 unspecified atom stereocenters. The van der Waals surface area contributed by atoms with Crippen LogP contribution in [0.2, 0.25) is 0 Å². The van der Waals surface area contributed by atoms with E-state index in [1.54, 1.807) is 39.1 Å². The highest BCUT2D eigenvalue weighted by atomic mass is 16.6. The van der Waals surface area contributed by atoms with Crippen LogP contribution in [0.1, 0.15) is 26.6 Å². The van der Waals surface area contributed by atoms with Gasteiger partial charge < -0.3 is 15.0 Å². The highest BCUT2D eigenvalue weighted by molar-refractivity contribution is 5.67. The molecule has 1 amide bonds. The number of benzene rings is 1. The van der Waals surface area contributed by atoms with Crippen molar-refractivity contribution < 1.29 is 9.53 Å². The predicted molar refractivity (Wildman–Crippen MR) is 85.9 cm³/mol. The number of hydrogen-bond donors (Lipinski definition) is 2. The molecule has 2 N–H and O–H groups in total. The summed E-state index contributed by atoms with van der Waals surface area (Å²) in [6.45, 7) is 5.65. The molecule has 0 radical (unpaired) electrons. The number of carbonyl (C=O) groups excluding carboxylic acids is 1. The fourth-order valence-corrected chi connectivity index (χ4v) is 1.83. The van der Waals surface area contributed by atoms with Crippen molar-refractivity contribution in [2.45, 2.75) is 32.9 Å². The van der Waals surface area contributed by atoms with Crippen molar-refractivity contribution in [1.82, 2.24) is 15.3 Å². The van der Waals surface area contributed by atoms with Gasteiger partial charge in [0.2, 0.25) is 0 Å². The molecule has 1 heterocycles. The van der Waals surface area contributed by atoms with Gasteiger partial charge in [-0.05, 0) is 31.9 Å². The van der Waals surface area contributed by atoms with Gasteiger partial charge in [0.25, 0.3) is 0 Å². The van der Waals surface area contributed by atoms with E-state index < -0.39 is 11.7 Å². The lowest BCUT2D eigenvalue weighted by molar-refractivity contribution is 0.0522. The highest BCUT2D eigenvalue weighted by Gasteiger charge is 2.16. The molecule has 0 saturated carbocycles. The van der Waals surface area contributed by atoms with Gasteiger partial charge in [0.15, 0.2) is 0 Å². The van der Waals surface area contributed by atoms with Gasteiger partial charge >= 0.3 is 6.09 Å². The van der Waals surface area contributed by atoms with E-state index in [4.69, 9.17) is 10.3 Å². The molecule has 0 aliphatic heterocycles. The van der Waals surface area contributed by atoms with Crippen LogP contribution in [-0.4, -0.2) is 21.7 Å². The second-order valence-electron chi connectivity index (χ2n) is 5.84. The number of azide groups is 1. The van der Waals surface area contributed by atoms with Crippen LogP contribution in [0.25, 0.3) is 21.7 Å². The summed E-state index contributed by atoms with van der Waals surface area (Å²) >= 11 is 0. The zero-order valence-corrected chi connectivity index (χ0v) is 13.2. The van der Waals surface area contributed by atoms with E-state index in [1.165, 1.54) is 0 Å². The maximum absolute atomic E-state index is 11.6. The minimum absolute atomic E-state index is 0.242. The maximum atomic E-state index is 11.6. The number of ether oxygens (including phenoxy) is 1. The zero-order chi connectivity index (χ0) is 16.9. The lowest BCUT2D eigenvalue weighted by Crippen LogP contribution is -2.32. The Kier molecular flexibility index (Phi) is 4.88. The summed E-state index contributed by atoms with van der Waals surface area (Å²) in [6.07, 6.45) is 1.18. The number of aromatic nitrogens is 2. The van der Waals surface area contributed by atoms with E-state index in [-0.39, 0.29) is 6.54 Å². The van der Waals surface area contributed by atoms with Crippen molar-refractivity contribution in [3.63, 3.8) is 0 Å². The van der Waals surface area contributed by atoms with E-state index >= 15 is 0 Å². The lowest BCUT2D eigenvalue weighted by Gasteiger charge is -2.19. The first-order valence-corrected chi connectivity index (χ1v) is 7.03. The summed E-state index contributed by atoms with van der Waals surface area (Å²) in [5.41, 5.74) is 10.1. The number of H-pyrrole nitrogens is 1. The average Bonchev–Trinajstić information content (AvgIpc) is 2.93. The SMILES string of the molecule is CC(C)(C)OC(=O)NCc1ncc(-c2ccc(N=[N+]=[N-])cc2)[nH]1. The summed E-state index contributed by atoms with van der Waals surface area (Å²) in [5, 5.41) is 6.15. The molecule has 8 nitrogen and oxygen atoms in total. The van der Waals surface area contributed by atoms with Gasteiger partial charge in [-0.15, -0.1) is 0 Å². The molecule has 23 heavy (non-hydrogen) atoms. The van der Waals surface area contributed by atoms with E-state index in [9.17, 15) is 4.79 Å². The number of aromatic amines is 1. The number of nitrogens with one attached hydrogen (secondary N) is 2. The van der Waals surface area contributed by atoms with Crippen molar-refractivity contribution >= 4 is 11.8 Å². The summed E-state index contributed by atoms with van der Waals surface area (Å²) in [4.78, 5) is 21.7. The molecule has 120 valence electrons. The van der Waals surface area contributed by atoms with Crippen molar-refractivity contribution in [1.29, 1.82) is 0 Å². The molecule has 2 aromatic rings. The molecule has 0 atom stereocenters. The Morgan fingerprint density at radius 3 is 2.70 bits per heavy atom. The highest BCUT2D eigenvalue weighted by Crippen LogP contribution is 2.21. The van der Waals surface area contributed by atoms with Gasteiger partial charge in [-0.1, -0.05) is 29.4 Å². The number of alkyl carbamates (subject to hydrolysis) is 1. The Morgan fingerprint density at radius 1 is 1.39 bits per heavy atom. The number of amides is 1. The third kappa shape index (κ3) is 5.05. The molecule has 8 heteroatoms. The first-order chi connectivity index (χ1) is 10.9. The molecular weight excluding hydrogens is 296 g/mol. The number of imidazole rings is 1. The molecule has 0 aliphatic rings. The number of carbonyl (C=O) groups is 1. The van der Waals surface area contributed by atoms with E-state index in [1.807, 2.05) is 12.1 Å². The number of rotatable bonds is 4. The molecule has 0 spiro atoms. The second kappa shape index (κ2) is 6.85. The quantitative estimate of drug-likeness (QED) is 0.504. The van der Waals surface area contributed by atoms with Crippen molar-refractivity contribution in [3.05, 3.63) is 46.7 Å². The van der Waals surface area contributed by atoms with Crippen LogP contribution >= 0.6 is 0 Å². The maximum Gasteiger partial charge on any atom is 0.408 e. The van der Waals surface area contributed by atoms with Gasteiger partial charge in [0, 0.05) is 10.6 Å². The molecule has 2 rings (SSSR count). The molecule has 0 aliphatic carbocycles. The fourth-order valence-electron chi connectivity index (χ4n) is 1.83. The lowest BCUT2D eigenvalue weighted by atomic mass is 10.1. The van der Waals surface area contributed by atoms with E-state index in [2.05, 4.69) is 25.3 Å². The number of hydrogen-bond acceptors (Lipinski definition) is 4. The van der Waals surface area contributed by atoms with Crippen LogP contribution in [0.3, 0.4) is 0 Å². The first kappa shape index (κ1) is 16.4. The van der Waals surface area contributed by atoms with Crippen molar-refractivity contribution in [3.8, 4) is 11.3 Å². The van der Waals surface area contributed by atoms with Gasteiger partial charge in [0.05, 0.1) is 18.4 Å². The van der Waals surface area contributed by atoms with Gasteiger partial charge in [-0.25, -0.2) is 9.78 Å². The molecule has 1 aromatic carbocycles. The van der Waals surface area contributed by atoms with E-state index in [0.29, 0.717) is 11.5 Å². The van der Waals surface area contributed by atoms with Crippen LogP contribution < -0.4 is 5.32 Å². The van der Waals surface area contributed by atoms with E-state index in [0.717, 1.165) is 11.3 Å². The fraction of sp³-hybridized carbons (Fsp3) is 0.333. The standard InChI is InChI=1S/C15H18N6O2/c1-15(2,3)23-14(22)18-9-13-17-8-12(19-13)10-4-6-11(7-5-10)20-21-16/h4-8H,9H2,1-3H3,(H,17,19)(H,18,22). The monoisotopic (exact) mass is 314 g/mol. The second-order valence-corrected chi connectivity index (χ2v) is 5.84. The van der Waals surface area contributed by atoms with Crippen LogP contribution in [0, 0.1) is 0 Å². The largest absolute Gasteiger partial charge is 0.444 e. The van der Waals surface area contributed by atoms with Crippen LogP contribution in [-0.2, 0) is 11.3 Å². The topological polar surface area (TPSA) is 116 Å². The zero-order valence-electron chi connectivity index (χ0n) is 13.2. The first-order valence-electron chi connectivity index (χ1n) is 7.03. The minimum atomic E-state index is -0.536. The Morgan fingerprint density at radius 2 is 2.09 bits per heavy atom. The summed E-state index contributed by atoms with van der Waals surface area (Å²) in [5.74, 6) is 0.616. The van der Waals surface area contributed by atoms with Crippen LogP contribution in [0.4, 0.5) is 10.5 Å². The summed E-state index contributed by atoms with van der Waals surface area (Å²) < 4.78 is 5.16. The summed E-state index contributed by atoms with van der Waals surface area (Å²) in [6, 6.07) is 7.08. The molecular formula is C15H18N6O2. The van der Waals surface area contributed by atoms with Gasteiger partial charge in [-0.3, -0.25) is 0 Å². The van der Waals surface area contributed by atoms with Crippen molar-refractivity contribution in [2.24, 2.45) is 5.11 Å². The molecule has 0 saturated heterocycles. The molecule has 0 bridgehead atoms. The third-order valence-electron chi connectivity index (χ3n) is 2.77. The third-order valence-corrected chi connectivity index (χ3v) is 2.77. The average molecular weight is 314 g/mol.